The second-order valence-electron chi connectivity index (χ2n) is 2.53. The molecule has 0 aliphatic carbocycles. The molecule has 1 radical (unpaired) electrons. The molecule has 57 valence electrons. The van der Waals surface area contributed by atoms with E-state index in [2.05, 4.69) is 5.32 Å². The van der Waals surface area contributed by atoms with Crippen molar-refractivity contribution < 1.29 is 4.79 Å². The van der Waals surface area contributed by atoms with Crippen molar-refractivity contribution in [1.29, 1.82) is 0 Å². The zero-order valence-corrected chi connectivity index (χ0v) is 6.64. The van der Waals surface area contributed by atoms with Crippen LogP contribution in [0.2, 0.25) is 0 Å². The van der Waals surface area contributed by atoms with Gasteiger partial charge in [0.25, 0.3) is 0 Å². The first-order valence-corrected chi connectivity index (χ1v) is 3.44. The van der Waals surface area contributed by atoms with Crippen LogP contribution in [0.15, 0.2) is 18.2 Å². The first kappa shape index (κ1) is 7.79. The molecule has 0 aromatic heterocycles. The summed E-state index contributed by atoms with van der Waals surface area (Å²) in [5.41, 5.74) is 3.19. The molecule has 0 fully saturated rings. The Morgan fingerprint density at radius 3 is 2.55 bits per heavy atom. The standard InChI is InChI=1S/C9H10NO/c1-7-3-4-9(10-6-11)5-8(7)2/h3-5H,1-2H3,(H,10,11). The largest absolute Gasteiger partial charge is 0.318 e. The zero-order valence-electron chi connectivity index (χ0n) is 6.64. The molecule has 1 aromatic rings. The Kier molecular flexibility index (Phi) is 2.26. The molecule has 0 aliphatic rings. The summed E-state index contributed by atoms with van der Waals surface area (Å²) in [5, 5.41) is 2.47. The van der Waals surface area contributed by atoms with Gasteiger partial charge in [0.1, 0.15) is 0 Å². The van der Waals surface area contributed by atoms with Gasteiger partial charge in [0.15, 0.2) is 0 Å². The molecule has 0 heterocycles. The molecule has 2 heteroatoms. The highest BCUT2D eigenvalue weighted by atomic mass is 16.1. The lowest BCUT2D eigenvalue weighted by molar-refractivity contribution is 0.561. The molecule has 0 saturated carbocycles. The predicted octanol–water partition coefficient (Wildman–Crippen LogP) is 1.78. The SMILES string of the molecule is Cc1ccc(N[C]=O)cc1C. The molecule has 1 amide bonds. The molecule has 2 nitrogen and oxygen atoms in total. The lowest BCUT2D eigenvalue weighted by atomic mass is 10.1. The van der Waals surface area contributed by atoms with Crippen molar-refractivity contribution in [2.45, 2.75) is 13.8 Å². The summed E-state index contributed by atoms with van der Waals surface area (Å²) in [6, 6.07) is 5.74. The summed E-state index contributed by atoms with van der Waals surface area (Å²) in [6.45, 7) is 4.04. The fourth-order valence-electron chi connectivity index (χ4n) is 0.878. The quantitative estimate of drug-likeness (QED) is 0.636. The van der Waals surface area contributed by atoms with E-state index < -0.39 is 0 Å². The summed E-state index contributed by atoms with van der Waals surface area (Å²) in [5.74, 6) is 0. The van der Waals surface area contributed by atoms with E-state index in [0.717, 1.165) is 5.69 Å². The summed E-state index contributed by atoms with van der Waals surface area (Å²) < 4.78 is 0. The summed E-state index contributed by atoms with van der Waals surface area (Å²) in [7, 11) is 0. The van der Waals surface area contributed by atoms with Crippen molar-refractivity contribution in [1.82, 2.24) is 0 Å². The number of rotatable bonds is 2. The first-order chi connectivity index (χ1) is 5.24. The van der Waals surface area contributed by atoms with Crippen LogP contribution in [0.4, 0.5) is 5.69 Å². The molecule has 0 spiro atoms. The van der Waals surface area contributed by atoms with Gasteiger partial charge in [-0.1, -0.05) is 6.07 Å². The normalized spacial score (nSPS) is 9.27. The van der Waals surface area contributed by atoms with E-state index in [1.807, 2.05) is 32.0 Å². The molecule has 0 unspecified atom stereocenters. The van der Waals surface area contributed by atoms with Crippen molar-refractivity contribution in [3.8, 4) is 0 Å². The van der Waals surface area contributed by atoms with Gasteiger partial charge in [-0.05, 0) is 37.1 Å². The lowest BCUT2D eigenvalue weighted by Gasteiger charge is -2.01. The monoisotopic (exact) mass is 148 g/mol. The molecular weight excluding hydrogens is 138 g/mol. The van der Waals surface area contributed by atoms with Crippen molar-refractivity contribution in [2.24, 2.45) is 0 Å². The van der Waals surface area contributed by atoms with Crippen molar-refractivity contribution in [3.63, 3.8) is 0 Å². The van der Waals surface area contributed by atoms with Gasteiger partial charge in [0, 0.05) is 5.69 Å². The Labute approximate surface area is 66.2 Å². The van der Waals surface area contributed by atoms with Crippen molar-refractivity contribution in [2.75, 3.05) is 5.32 Å². The Hall–Kier alpha value is -1.31. The summed E-state index contributed by atoms with van der Waals surface area (Å²) >= 11 is 0. The maximum absolute atomic E-state index is 9.93. The van der Waals surface area contributed by atoms with Gasteiger partial charge in [0.05, 0.1) is 0 Å². The van der Waals surface area contributed by atoms with Crippen LogP contribution in [0.5, 0.6) is 0 Å². The van der Waals surface area contributed by atoms with Crippen LogP contribution in [0, 0.1) is 13.8 Å². The maximum Gasteiger partial charge on any atom is 0.314 e. The van der Waals surface area contributed by atoms with Gasteiger partial charge < -0.3 is 5.32 Å². The molecule has 0 aliphatic heterocycles. The average Bonchev–Trinajstić information content (AvgIpc) is 1.98. The van der Waals surface area contributed by atoms with Crippen LogP contribution >= 0.6 is 0 Å². The number of nitrogens with one attached hydrogen (secondary N) is 1. The Morgan fingerprint density at radius 2 is 2.00 bits per heavy atom. The van der Waals surface area contributed by atoms with Crippen LogP contribution in [0.1, 0.15) is 11.1 Å². The van der Waals surface area contributed by atoms with Gasteiger partial charge >= 0.3 is 6.41 Å². The Bertz CT molecular complexity index is 268. The van der Waals surface area contributed by atoms with Gasteiger partial charge in [-0.2, -0.15) is 0 Å². The van der Waals surface area contributed by atoms with E-state index in [0.29, 0.717) is 0 Å². The molecule has 1 N–H and O–H groups in total. The van der Waals surface area contributed by atoms with Crippen LogP contribution in [-0.2, 0) is 4.79 Å². The Morgan fingerprint density at radius 1 is 1.27 bits per heavy atom. The van der Waals surface area contributed by atoms with E-state index >= 15 is 0 Å². The van der Waals surface area contributed by atoms with E-state index in [1.165, 1.54) is 11.1 Å². The van der Waals surface area contributed by atoms with Gasteiger partial charge in [-0.3, -0.25) is 4.79 Å². The van der Waals surface area contributed by atoms with E-state index in [1.54, 1.807) is 6.41 Å². The third-order valence-electron chi connectivity index (χ3n) is 1.70. The third kappa shape index (κ3) is 1.80. The molecule has 1 rings (SSSR count). The minimum Gasteiger partial charge on any atom is -0.318 e. The van der Waals surface area contributed by atoms with Crippen LogP contribution in [-0.4, -0.2) is 6.41 Å². The Balaban J connectivity index is 2.95. The highest BCUT2D eigenvalue weighted by Gasteiger charge is 1.93. The fraction of sp³-hybridized carbons (Fsp3) is 0.222. The predicted molar refractivity (Wildman–Crippen MR) is 45.2 cm³/mol. The lowest BCUT2D eigenvalue weighted by Crippen LogP contribution is -1.94. The van der Waals surface area contributed by atoms with Crippen LogP contribution < -0.4 is 5.32 Å². The third-order valence-corrected chi connectivity index (χ3v) is 1.70. The number of hydrogen-bond donors (Lipinski definition) is 1. The highest BCUT2D eigenvalue weighted by Crippen LogP contribution is 2.12. The van der Waals surface area contributed by atoms with Gasteiger partial charge in [0.2, 0.25) is 0 Å². The molecule has 1 aromatic carbocycles. The van der Waals surface area contributed by atoms with E-state index in [9.17, 15) is 4.79 Å². The second kappa shape index (κ2) is 3.19. The van der Waals surface area contributed by atoms with Crippen LogP contribution in [0.25, 0.3) is 0 Å². The number of anilines is 1. The second-order valence-corrected chi connectivity index (χ2v) is 2.53. The minimum absolute atomic E-state index is 0.795. The molecular formula is C9H10NO. The van der Waals surface area contributed by atoms with Crippen molar-refractivity contribution >= 4 is 12.1 Å². The molecule has 0 bridgehead atoms. The minimum atomic E-state index is 0.795. The number of amides is 1. The summed E-state index contributed by atoms with van der Waals surface area (Å²) in [4.78, 5) is 9.93. The number of benzene rings is 1. The van der Waals surface area contributed by atoms with Gasteiger partial charge in [-0.15, -0.1) is 0 Å². The topological polar surface area (TPSA) is 29.1 Å². The number of aryl methyl sites for hydroxylation is 2. The fourth-order valence-corrected chi connectivity index (χ4v) is 0.878. The molecule has 11 heavy (non-hydrogen) atoms. The number of hydrogen-bond acceptors (Lipinski definition) is 1. The molecule has 0 saturated heterocycles. The average molecular weight is 148 g/mol. The molecule has 0 atom stereocenters. The maximum atomic E-state index is 9.93. The number of carbonyl (C=O) groups excluding carboxylic acids is 1. The van der Waals surface area contributed by atoms with Crippen molar-refractivity contribution in [3.05, 3.63) is 29.3 Å². The first-order valence-electron chi connectivity index (χ1n) is 3.44. The zero-order chi connectivity index (χ0) is 8.27. The van der Waals surface area contributed by atoms with Gasteiger partial charge in [-0.25, -0.2) is 0 Å². The van der Waals surface area contributed by atoms with E-state index in [-0.39, 0.29) is 0 Å². The summed E-state index contributed by atoms with van der Waals surface area (Å²) in [6.07, 6.45) is 1.63. The highest BCUT2D eigenvalue weighted by molar-refractivity contribution is 5.72. The van der Waals surface area contributed by atoms with Crippen LogP contribution in [0.3, 0.4) is 0 Å². The smallest absolute Gasteiger partial charge is 0.314 e. The van der Waals surface area contributed by atoms with E-state index in [4.69, 9.17) is 0 Å².